The van der Waals surface area contributed by atoms with Gasteiger partial charge in [0.15, 0.2) is 0 Å². The fraction of sp³-hybridized carbons (Fsp3) is 0.308. The highest BCUT2D eigenvalue weighted by Crippen LogP contribution is 2.28. The van der Waals surface area contributed by atoms with Crippen LogP contribution in [0.5, 0.6) is 0 Å². The van der Waals surface area contributed by atoms with E-state index in [0.717, 1.165) is 16.7 Å². The molecule has 0 N–H and O–H groups in total. The number of anilines is 1. The molecule has 5 nitrogen and oxygen atoms in total. The van der Waals surface area contributed by atoms with Gasteiger partial charge in [-0.3, -0.25) is 4.40 Å². The Kier molecular flexibility index (Phi) is 2.78. The van der Waals surface area contributed by atoms with Crippen molar-refractivity contribution in [3.8, 4) is 0 Å². The van der Waals surface area contributed by atoms with Gasteiger partial charge in [-0.1, -0.05) is 11.6 Å². The second-order valence-electron chi connectivity index (χ2n) is 4.80. The van der Waals surface area contributed by atoms with Crippen LogP contribution >= 0.6 is 11.6 Å². The Balaban J connectivity index is 2.41. The predicted octanol–water partition coefficient (Wildman–Crippen LogP) is 2.78. The van der Waals surface area contributed by atoms with Gasteiger partial charge in [-0.2, -0.15) is 4.98 Å². The molecule has 0 aliphatic heterocycles. The molecule has 0 unspecified atom stereocenters. The van der Waals surface area contributed by atoms with E-state index in [4.69, 9.17) is 11.6 Å². The molecule has 6 heteroatoms. The monoisotopic (exact) mass is 275 g/mol. The number of nitrogens with zero attached hydrogens (tertiary/aromatic N) is 5. The number of aromatic nitrogens is 4. The number of benzene rings is 1. The van der Waals surface area contributed by atoms with Crippen molar-refractivity contribution in [1.29, 1.82) is 0 Å². The van der Waals surface area contributed by atoms with Gasteiger partial charge in [0.1, 0.15) is 12.1 Å². The predicted molar refractivity (Wildman–Crippen MR) is 76.8 cm³/mol. The molecule has 0 amide bonds. The fourth-order valence-electron chi connectivity index (χ4n) is 2.04. The van der Waals surface area contributed by atoms with Crippen molar-refractivity contribution in [3.63, 3.8) is 0 Å². The molecule has 98 valence electrons. The van der Waals surface area contributed by atoms with Gasteiger partial charge in [0.25, 0.3) is 5.78 Å². The van der Waals surface area contributed by atoms with Crippen LogP contribution in [0.3, 0.4) is 0 Å². The minimum atomic E-state index is 0.344. The third kappa shape index (κ3) is 1.90. The number of halogens is 1. The summed E-state index contributed by atoms with van der Waals surface area (Å²) in [6.45, 7) is 4.24. The van der Waals surface area contributed by atoms with Crippen LogP contribution in [-0.4, -0.2) is 32.7 Å². The first-order valence-corrected chi connectivity index (χ1v) is 6.47. The maximum atomic E-state index is 6.09. The van der Waals surface area contributed by atoms with Crippen LogP contribution in [0.1, 0.15) is 13.8 Å². The summed E-state index contributed by atoms with van der Waals surface area (Å²) in [4.78, 5) is 6.70. The Morgan fingerprint density at radius 3 is 2.84 bits per heavy atom. The molecule has 0 saturated carbocycles. The van der Waals surface area contributed by atoms with Crippen LogP contribution in [0.25, 0.3) is 16.7 Å². The van der Waals surface area contributed by atoms with Gasteiger partial charge in [-0.25, -0.2) is 0 Å². The Bertz CT molecular complexity index is 749. The quantitative estimate of drug-likeness (QED) is 0.721. The normalized spacial score (nSPS) is 11.6. The van der Waals surface area contributed by atoms with Crippen LogP contribution in [0, 0.1) is 0 Å². The summed E-state index contributed by atoms with van der Waals surface area (Å²) < 4.78 is 1.85. The van der Waals surface area contributed by atoms with Crippen molar-refractivity contribution in [2.75, 3.05) is 11.9 Å². The summed E-state index contributed by atoms with van der Waals surface area (Å²) >= 11 is 6.09. The Labute approximate surface area is 115 Å². The topological polar surface area (TPSA) is 46.3 Å². The molecule has 3 aromatic rings. The molecule has 0 bridgehead atoms. The third-order valence-corrected chi connectivity index (χ3v) is 3.54. The first-order valence-electron chi connectivity index (χ1n) is 6.10. The zero-order valence-corrected chi connectivity index (χ0v) is 11.8. The van der Waals surface area contributed by atoms with Crippen molar-refractivity contribution in [2.24, 2.45) is 0 Å². The lowest BCUT2D eigenvalue weighted by molar-refractivity contribution is 0.746. The summed E-state index contributed by atoms with van der Waals surface area (Å²) in [5.41, 5.74) is 0.963. The van der Waals surface area contributed by atoms with Crippen LogP contribution < -0.4 is 4.90 Å². The first-order chi connectivity index (χ1) is 9.08. The molecule has 1 aromatic carbocycles. The second-order valence-corrected chi connectivity index (χ2v) is 5.24. The minimum absolute atomic E-state index is 0.344. The number of hydrogen-bond donors (Lipinski definition) is 0. The van der Waals surface area contributed by atoms with Gasteiger partial charge in [0, 0.05) is 23.5 Å². The van der Waals surface area contributed by atoms with Crippen molar-refractivity contribution in [3.05, 3.63) is 29.5 Å². The second kappa shape index (κ2) is 4.35. The SMILES string of the molecule is CC(C)N(C)c1nc2nncn2c2cc(Cl)ccc12. The Hall–Kier alpha value is -1.88. The van der Waals surface area contributed by atoms with Gasteiger partial charge in [0.05, 0.1) is 5.52 Å². The van der Waals surface area contributed by atoms with E-state index in [-0.39, 0.29) is 0 Å². The molecule has 2 heterocycles. The van der Waals surface area contributed by atoms with Gasteiger partial charge >= 0.3 is 0 Å². The molecule has 0 radical (unpaired) electrons. The molecule has 0 aliphatic rings. The zero-order valence-electron chi connectivity index (χ0n) is 11.0. The lowest BCUT2D eigenvalue weighted by Crippen LogP contribution is -2.27. The van der Waals surface area contributed by atoms with E-state index in [0.29, 0.717) is 16.8 Å². The molecule has 0 fully saturated rings. The summed E-state index contributed by atoms with van der Waals surface area (Å²) in [5.74, 6) is 1.47. The molecular weight excluding hydrogens is 262 g/mol. The van der Waals surface area contributed by atoms with Crippen LogP contribution in [0.4, 0.5) is 5.82 Å². The molecule has 0 atom stereocenters. The van der Waals surface area contributed by atoms with Crippen molar-refractivity contribution in [2.45, 2.75) is 19.9 Å². The smallest absolute Gasteiger partial charge is 0.257 e. The Morgan fingerprint density at radius 2 is 2.11 bits per heavy atom. The average molecular weight is 276 g/mol. The van der Waals surface area contributed by atoms with Crippen LogP contribution in [-0.2, 0) is 0 Å². The van der Waals surface area contributed by atoms with Crippen LogP contribution in [0.15, 0.2) is 24.5 Å². The van der Waals surface area contributed by atoms with E-state index < -0.39 is 0 Å². The van der Waals surface area contributed by atoms with E-state index in [1.54, 1.807) is 6.33 Å². The van der Waals surface area contributed by atoms with Gasteiger partial charge in [-0.15, -0.1) is 10.2 Å². The molecule has 0 aliphatic carbocycles. The highest BCUT2D eigenvalue weighted by Gasteiger charge is 2.15. The molecule has 0 saturated heterocycles. The largest absolute Gasteiger partial charge is 0.357 e. The maximum Gasteiger partial charge on any atom is 0.257 e. The summed E-state index contributed by atoms with van der Waals surface area (Å²) in [7, 11) is 2.02. The van der Waals surface area contributed by atoms with Gasteiger partial charge in [0.2, 0.25) is 0 Å². The molecular formula is C13H14ClN5. The van der Waals surface area contributed by atoms with Crippen molar-refractivity contribution < 1.29 is 0 Å². The summed E-state index contributed by atoms with van der Waals surface area (Å²) in [6, 6.07) is 6.11. The Morgan fingerprint density at radius 1 is 1.32 bits per heavy atom. The highest BCUT2D eigenvalue weighted by atomic mass is 35.5. The van der Waals surface area contributed by atoms with Crippen LogP contribution in [0.2, 0.25) is 5.02 Å². The minimum Gasteiger partial charge on any atom is -0.357 e. The number of hydrogen-bond acceptors (Lipinski definition) is 4. The van der Waals surface area contributed by atoms with Crippen molar-refractivity contribution in [1.82, 2.24) is 19.6 Å². The first kappa shape index (κ1) is 12.2. The lowest BCUT2D eigenvalue weighted by Gasteiger charge is -2.24. The van der Waals surface area contributed by atoms with E-state index in [1.165, 1.54) is 0 Å². The summed E-state index contributed by atoms with van der Waals surface area (Å²) in [5, 5.41) is 9.67. The standard InChI is InChI=1S/C13H14ClN5/c1-8(2)18(3)12-10-5-4-9(14)6-11(10)19-7-15-17-13(19)16-12/h4-8H,1-3H3. The molecule has 2 aromatic heterocycles. The van der Waals surface area contributed by atoms with Gasteiger partial charge < -0.3 is 4.90 Å². The zero-order chi connectivity index (χ0) is 13.6. The molecule has 19 heavy (non-hydrogen) atoms. The number of fused-ring (bicyclic) bond motifs is 3. The maximum absolute atomic E-state index is 6.09. The van der Waals surface area contributed by atoms with E-state index in [9.17, 15) is 0 Å². The molecule has 0 spiro atoms. The van der Waals surface area contributed by atoms with E-state index >= 15 is 0 Å². The van der Waals surface area contributed by atoms with E-state index in [1.807, 2.05) is 29.6 Å². The number of rotatable bonds is 2. The highest BCUT2D eigenvalue weighted by molar-refractivity contribution is 6.31. The molecule has 3 rings (SSSR count). The summed E-state index contributed by atoms with van der Waals surface area (Å²) in [6.07, 6.45) is 1.65. The van der Waals surface area contributed by atoms with E-state index in [2.05, 4.69) is 33.9 Å². The third-order valence-electron chi connectivity index (χ3n) is 3.30. The van der Waals surface area contributed by atoms with Gasteiger partial charge in [-0.05, 0) is 32.0 Å². The lowest BCUT2D eigenvalue weighted by atomic mass is 10.2. The van der Waals surface area contributed by atoms with Crippen molar-refractivity contribution >= 4 is 34.1 Å². The fourth-order valence-corrected chi connectivity index (χ4v) is 2.20. The average Bonchev–Trinajstić information content (AvgIpc) is 2.85.